The van der Waals surface area contributed by atoms with Gasteiger partial charge in [0.1, 0.15) is 0 Å². The van der Waals surface area contributed by atoms with Crippen molar-refractivity contribution in [2.45, 2.75) is 44.9 Å². The van der Waals surface area contributed by atoms with E-state index in [-0.39, 0.29) is 0 Å². The monoisotopic (exact) mass is 158 g/mol. The molecule has 1 fully saturated rings. The first kappa shape index (κ1) is 9.01. The molecule has 0 radical (unpaired) electrons. The Morgan fingerprint density at radius 3 is 2.55 bits per heavy atom. The van der Waals surface area contributed by atoms with Crippen LogP contribution in [0.15, 0.2) is 0 Å². The molecule has 1 rings (SSSR count). The number of rotatable bonds is 5. The average molecular weight is 158 g/mol. The van der Waals surface area contributed by atoms with Crippen LogP contribution in [0.3, 0.4) is 0 Å². The van der Waals surface area contributed by atoms with Crippen LogP contribution in [0.1, 0.15) is 44.9 Å². The highest BCUT2D eigenvalue weighted by molar-refractivity contribution is 4.66. The molecule has 0 aromatic rings. The van der Waals surface area contributed by atoms with Crippen LogP contribution in [0.2, 0.25) is 0 Å². The van der Waals surface area contributed by atoms with Crippen LogP contribution in [0.5, 0.6) is 0 Å². The minimum absolute atomic E-state index is 0.507. The lowest BCUT2D eigenvalue weighted by atomic mass is 10.0. The molecule has 1 aliphatic rings. The van der Waals surface area contributed by atoms with Crippen molar-refractivity contribution in [3.05, 3.63) is 0 Å². The van der Waals surface area contributed by atoms with Gasteiger partial charge in [-0.15, -0.1) is 0 Å². The van der Waals surface area contributed by atoms with Gasteiger partial charge in [-0.2, -0.15) is 0 Å². The van der Waals surface area contributed by atoms with E-state index >= 15 is 0 Å². The standard InChI is InChI=1S/C9H18O2/c10-11-8-4-3-7-9-5-1-2-6-9/h9-10H,1-8H2. The maximum atomic E-state index is 8.06. The van der Waals surface area contributed by atoms with Gasteiger partial charge in [-0.05, 0) is 12.3 Å². The molecule has 2 heteroatoms. The van der Waals surface area contributed by atoms with Crippen molar-refractivity contribution in [2.75, 3.05) is 6.61 Å². The maximum Gasteiger partial charge on any atom is 0.0819 e. The highest BCUT2D eigenvalue weighted by atomic mass is 17.1. The van der Waals surface area contributed by atoms with Crippen molar-refractivity contribution in [1.82, 2.24) is 0 Å². The van der Waals surface area contributed by atoms with E-state index in [1.165, 1.54) is 38.5 Å². The summed E-state index contributed by atoms with van der Waals surface area (Å²) in [5.41, 5.74) is 0. The topological polar surface area (TPSA) is 29.5 Å². The summed E-state index contributed by atoms with van der Waals surface area (Å²) in [4.78, 5) is 4.01. The molecule has 0 spiro atoms. The minimum Gasteiger partial charge on any atom is -0.252 e. The van der Waals surface area contributed by atoms with Gasteiger partial charge in [0.05, 0.1) is 6.61 Å². The summed E-state index contributed by atoms with van der Waals surface area (Å²) in [5, 5.41) is 8.06. The molecule has 0 atom stereocenters. The van der Waals surface area contributed by atoms with Crippen LogP contribution in [0, 0.1) is 5.92 Å². The first-order valence-electron chi connectivity index (χ1n) is 4.70. The Morgan fingerprint density at radius 2 is 1.91 bits per heavy atom. The molecule has 0 aromatic heterocycles. The first-order valence-corrected chi connectivity index (χ1v) is 4.70. The number of hydrogen-bond acceptors (Lipinski definition) is 2. The first-order chi connectivity index (χ1) is 5.43. The molecular formula is C9H18O2. The van der Waals surface area contributed by atoms with E-state index in [0.29, 0.717) is 6.61 Å². The Labute approximate surface area is 68.5 Å². The second-order valence-corrected chi connectivity index (χ2v) is 3.48. The van der Waals surface area contributed by atoms with Gasteiger partial charge in [0, 0.05) is 0 Å². The van der Waals surface area contributed by atoms with Crippen molar-refractivity contribution in [3.63, 3.8) is 0 Å². The fourth-order valence-electron chi connectivity index (χ4n) is 1.90. The van der Waals surface area contributed by atoms with Crippen LogP contribution in [-0.4, -0.2) is 11.9 Å². The normalized spacial score (nSPS) is 19.4. The highest BCUT2D eigenvalue weighted by Crippen LogP contribution is 2.28. The van der Waals surface area contributed by atoms with Gasteiger partial charge < -0.3 is 0 Å². The summed E-state index contributed by atoms with van der Waals surface area (Å²) in [7, 11) is 0. The molecule has 0 unspecified atom stereocenters. The molecule has 0 amide bonds. The van der Waals surface area contributed by atoms with Crippen molar-refractivity contribution in [2.24, 2.45) is 5.92 Å². The summed E-state index contributed by atoms with van der Waals surface area (Å²) < 4.78 is 0. The lowest BCUT2D eigenvalue weighted by Crippen LogP contribution is -1.95. The van der Waals surface area contributed by atoms with Gasteiger partial charge in [0.2, 0.25) is 0 Å². The summed E-state index contributed by atoms with van der Waals surface area (Å²) in [6.45, 7) is 0.507. The molecule has 1 saturated carbocycles. The molecule has 11 heavy (non-hydrogen) atoms. The third-order valence-electron chi connectivity index (χ3n) is 2.57. The third kappa shape index (κ3) is 3.73. The summed E-state index contributed by atoms with van der Waals surface area (Å²) >= 11 is 0. The van der Waals surface area contributed by atoms with E-state index in [2.05, 4.69) is 4.89 Å². The van der Waals surface area contributed by atoms with E-state index in [1.54, 1.807) is 0 Å². The van der Waals surface area contributed by atoms with Crippen molar-refractivity contribution in [3.8, 4) is 0 Å². The van der Waals surface area contributed by atoms with Gasteiger partial charge in [0.15, 0.2) is 0 Å². The SMILES string of the molecule is OOCCCCC1CCCC1. The second-order valence-electron chi connectivity index (χ2n) is 3.48. The van der Waals surface area contributed by atoms with E-state index in [0.717, 1.165) is 12.3 Å². The Hall–Kier alpha value is -0.0800. The fourth-order valence-corrected chi connectivity index (χ4v) is 1.90. The van der Waals surface area contributed by atoms with Crippen LogP contribution < -0.4 is 0 Å². The molecule has 0 saturated heterocycles. The van der Waals surface area contributed by atoms with Crippen molar-refractivity contribution >= 4 is 0 Å². The van der Waals surface area contributed by atoms with Crippen molar-refractivity contribution in [1.29, 1.82) is 0 Å². The van der Waals surface area contributed by atoms with Gasteiger partial charge in [-0.3, -0.25) is 5.26 Å². The number of unbranched alkanes of at least 4 members (excludes halogenated alkanes) is 1. The smallest absolute Gasteiger partial charge is 0.0819 e. The Morgan fingerprint density at radius 1 is 1.18 bits per heavy atom. The van der Waals surface area contributed by atoms with Crippen LogP contribution in [0.25, 0.3) is 0 Å². The predicted molar refractivity (Wildman–Crippen MR) is 44.4 cm³/mol. The van der Waals surface area contributed by atoms with Gasteiger partial charge in [0.25, 0.3) is 0 Å². The number of hydrogen-bond donors (Lipinski definition) is 1. The summed E-state index contributed by atoms with van der Waals surface area (Å²) in [6.07, 6.45) is 9.28. The van der Waals surface area contributed by atoms with E-state index in [9.17, 15) is 0 Å². The lowest BCUT2D eigenvalue weighted by Gasteiger charge is -2.06. The van der Waals surface area contributed by atoms with Crippen molar-refractivity contribution < 1.29 is 10.1 Å². The fraction of sp³-hybridized carbons (Fsp3) is 1.00. The van der Waals surface area contributed by atoms with E-state index in [1.807, 2.05) is 0 Å². The molecule has 2 nitrogen and oxygen atoms in total. The third-order valence-corrected chi connectivity index (χ3v) is 2.57. The molecule has 0 aromatic carbocycles. The summed E-state index contributed by atoms with van der Waals surface area (Å²) in [5.74, 6) is 0.980. The molecule has 1 aliphatic carbocycles. The Bertz CT molecular complexity index is 87.6. The van der Waals surface area contributed by atoms with Gasteiger partial charge >= 0.3 is 0 Å². The highest BCUT2D eigenvalue weighted by Gasteiger charge is 2.13. The van der Waals surface area contributed by atoms with E-state index in [4.69, 9.17) is 5.26 Å². The minimum atomic E-state index is 0.507. The molecule has 66 valence electrons. The maximum absolute atomic E-state index is 8.06. The van der Waals surface area contributed by atoms with E-state index < -0.39 is 0 Å². The van der Waals surface area contributed by atoms with Crippen LogP contribution >= 0.6 is 0 Å². The largest absolute Gasteiger partial charge is 0.252 e. The second kappa shape index (κ2) is 5.56. The predicted octanol–water partition coefficient (Wildman–Crippen LogP) is 2.84. The molecule has 0 bridgehead atoms. The quantitative estimate of drug-likeness (QED) is 0.379. The zero-order chi connectivity index (χ0) is 7.94. The average Bonchev–Trinajstić information content (AvgIpc) is 2.50. The molecule has 0 aliphatic heterocycles. The molecule has 1 N–H and O–H groups in total. The van der Waals surface area contributed by atoms with Crippen LogP contribution in [0.4, 0.5) is 0 Å². The molecule has 0 heterocycles. The Balaban J connectivity index is 1.86. The lowest BCUT2D eigenvalue weighted by molar-refractivity contribution is -0.242. The van der Waals surface area contributed by atoms with Gasteiger partial charge in [-0.25, -0.2) is 4.89 Å². The van der Waals surface area contributed by atoms with Crippen LogP contribution in [-0.2, 0) is 4.89 Å². The zero-order valence-corrected chi connectivity index (χ0v) is 7.09. The zero-order valence-electron chi connectivity index (χ0n) is 7.09. The summed E-state index contributed by atoms with van der Waals surface area (Å²) in [6, 6.07) is 0. The Kier molecular flexibility index (Phi) is 4.55. The molecular weight excluding hydrogens is 140 g/mol. The van der Waals surface area contributed by atoms with Gasteiger partial charge in [-0.1, -0.05) is 38.5 Å².